The Balaban J connectivity index is 1.93. The van der Waals surface area contributed by atoms with E-state index >= 15 is 0 Å². The lowest BCUT2D eigenvalue weighted by Gasteiger charge is -2.35. The molecule has 4 N–H and O–H groups in total. The molecule has 44 heavy (non-hydrogen) atoms. The van der Waals surface area contributed by atoms with Gasteiger partial charge in [0.25, 0.3) is 16.0 Å². The van der Waals surface area contributed by atoms with Crippen molar-refractivity contribution in [1.82, 2.24) is 25.6 Å². The molecule has 1 aliphatic rings. The molecule has 1 aromatic rings. The molecule has 2 rings (SSSR count). The van der Waals surface area contributed by atoms with Crippen molar-refractivity contribution < 1.29 is 37.1 Å². The highest BCUT2D eigenvalue weighted by molar-refractivity contribution is 14.1. The fourth-order valence-corrected chi connectivity index (χ4v) is 5.08. The topological polar surface area (TPSA) is 177 Å². The third-order valence-corrected chi connectivity index (χ3v) is 7.59. The first-order chi connectivity index (χ1) is 20.3. The van der Waals surface area contributed by atoms with E-state index in [1.54, 1.807) is 77.7 Å². The number of carbonyl (C=O) groups excluding carboxylic acids is 3. The van der Waals surface area contributed by atoms with E-state index in [1.807, 2.05) is 6.92 Å². The van der Waals surface area contributed by atoms with Gasteiger partial charge in [-0.05, 0) is 120 Å². The number of hydrogen-bond donors (Lipinski definition) is 4. The van der Waals surface area contributed by atoms with Crippen molar-refractivity contribution in [3.63, 3.8) is 0 Å². The number of guanidine groups is 1. The molecule has 0 aliphatic carbocycles. The summed E-state index contributed by atoms with van der Waals surface area (Å²) in [6.07, 6.45) is 1.65. The Morgan fingerprint density at radius 3 is 2.02 bits per heavy atom. The van der Waals surface area contributed by atoms with Gasteiger partial charge in [-0.25, -0.2) is 18.0 Å². The molecule has 3 amide bonds. The molecular formula is C28H41IN6O8S. The largest absolute Gasteiger partial charge is 0.444 e. The van der Waals surface area contributed by atoms with Gasteiger partial charge in [-0.3, -0.25) is 20.2 Å². The highest BCUT2D eigenvalue weighted by atomic mass is 127. The van der Waals surface area contributed by atoms with Gasteiger partial charge in [-0.1, -0.05) is 0 Å². The summed E-state index contributed by atoms with van der Waals surface area (Å²) in [5.74, 6) is -0.715. The predicted molar refractivity (Wildman–Crippen MR) is 173 cm³/mol. The summed E-state index contributed by atoms with van der Waals surface area (Å²) >= 11 is 2.10. The van der Waals surface area contributed by atoms with Gasteiger partial charge in [-0.2, -0.15) is 0 Å². The van der Waals surface area contributed by atoms with Crippen molar-refractivity contribution in [3.8, 4) is 0 Å². The molecule has 0 fully saturated rings. The van der Waals surface area contributed by atoms with Crippen molar-refractivity contribution in [2.24, 2.45) is 5.16 Å². The Morgan fingerprint density at radius 1 is 0.955 bits per heavy atom. The van der Waals surface area contributed by atoms with Crippen molar-refractivity contribution in [2.75, 3.05) is 19.7 Å². The van der Waals surface area contributed by atoms with E-state index in [0.29, 0.717) is 5.70 Å². The Morgan fingerprint density at radius 2 is 1.50 bits per heavy atom. The lowest BCUT2D eigenvalue weighted by molar-refractivity contribution is -0.122. The summed E-state index contributed by atoms with van der Waals surface area (Å²) in [6, 6.07) is 6.03. The number of oxime groups is 1. The molecule has 1 aliphatic heterocycles. The SMILES string of the molecule is CC1=CC=C(NS(=O)(=O)c2ccc(I)cc2)C(C)N1CC(=O)NCCON=C(NC(=O)OC(C)(C)C)NC(=O)OC(C)(C)C. The van der Waals surface area contributed by atoms with Crippen molar-refractivity contribution >= 4 is 56.7 Å². The summed E-state index contributed by atoms with van der Waals surface area (Å²) < 4.78 is 39.7. The minimum Gasteiger partial charge on any atom is -0.444 e. The van der Waals surface area contributed by atoms with Gasteiger partial charge in [0.1, 0.15) is 17.8 Å². The molecule has 1 unspecified atom stereocenters. The molecule has 1 aromatic carbocycles. The maximum atomic E-state index is 12.9. The molecule has 14 nitrogen and oxygen atoms in total. The average molecular weight is 749 g/mol. The highest BCUT2D eigenvalue weighted by Crippen LogP contribution is 2.22. The zero-order valence-electron chi connectivity index (χ0n) is 26.1. The van der Waals surface area contributed by atoms with Crippen LogP contribution < -0.4 is 20.7 Å². The Bertz CT molecular complexity index is 1360. The van der Waals surface area contributed by atoms with E-state index in [2.05, 4.69) is 48.4 Å². The normalized spacial score (nSPS) is 15.2. The quantitative estimate of drug-likeness (QED) is 0.0968. The number of carbonyl (C=O) groups is 3. The minimum absolute atomic E-state index is 0.0433. The third-order valence-electron chi connectivity index (χ3n) is 5.47. The van der Waals surface area contributed by atoms with Crippen LogP contribution in [0.4, 0.5) is 9.59 Å². The van der Waals surface area contributed by atoms with Crippen LogP contribution in [0, 0.1) is 3.57 Å². The molecule has 1 atom stereocenters. The van der Waals surface area contributed by atoms with Crippen LogP contribution in [0.5, 0.6) is 0 Å². The van der Waals surface area contributed by atoms with Crippen LogP contribution in [-0.2, 0) is 29.1 Å². The summed E-state index contributed by atoms with van der Waals surface area (Å²) in [5.41, 5.74) is -0.403. The molecule has 0 saturated carbocycles. The number of halogens is 1. The van der Waals surface area contributed by atoms with E-state index in [1.165, 1.54) is 12.1 Å². The number of nitrogens with zero attached hydrogens (tertiary/aromatic N) is 2. The molecular weight excluding hydrogens is 707 g/mol. The number of allylic oxidation sites excluding steroid dienone is 3. The average Bonchev–Trinajstić information content (AvgIpc) is 2.86. The predicted octanol–water partition coefficient (Wildman–Crippen LogP) is 3.51. The van der Waals surface area contributed by atoms with Gasteiger partial charge in [0.2, 0.25) is 5.91 Å². The molecule has 244 valence electrons. The van der Waals surface area contributed by atoms with Crippen LogP contribution >= 0.6 is 22.6 Å². The smallest absolute Gasteiger partial charge is 0.414 e. The van der Waals surface area contributed by atoms with Gasteiger partial charge < -0.3 is 24.5 Å². The van der Waals surface area contributed by atoms with Gasteiger partial charge in [-0.15, -0.1) is 0 Å². The van der Waals surface area contributed by atoms with Crippen molar-refractivity contribution in [3.05, 3.63) is 51.4 Å². The lowest BCUT2D eigenvalue weighted by Crippen LogP contribution is -2.47. The maximum absolute atomic E-state index is 12.9. The molecule has 0 radical (unpaired) electrons. The standard InChI is InChI=1S/C28H41IN6O8S/c1-18-9-14-22(34-44(39,40)21-12-10-20(29)11-13-21)19(2)35(18)17-23(36)30-15-16-41-33-24(31-25(37)42-27(3,4)5)32-26(38)43-28(6,7)8/h9-14,19,34H,15-17H2,1-8H3,(H,30,36)(H2,31,32,33,37,38). The number of hydrogen-bond acceptors (Lipinski definition) is 10. The second-order valence-corrected chi connectivity index (χ2v) is 14.6. The number of rotatable bonds is 9. The van der Waals surface area contributed by atoms with Gasteiger partial charge in [0.15, 0.2) is 0 Å². The van der Waals surface area contributed by atoms with Crippen LogP contribution in [0.25, 0.3) is 0 Å². The Kier molecular flexibility index (Phi) is 12.9. The maximum Gasteiger partial charge on any atom is 0.414 e. The van der Waals surface area contributed by atoms with Gasteiger partial charge in [0, 0.05) is 15.0 Å². The zero-order chi connectivity index (χ0) is 33.3. The van der Waals surface area contributed by atoms with Crippen molar-refractivity contribution in [2.45, 2.75) is 77.5 Å². The first-order valence-corrected chi connectivity index (χ1v) is 16.2. The number of sulfonamides is 1. The molecule has 0 bridgehead atoms. The number of ether oxygens (including phenoxy) is 2. The second kappa shape index (κ2) is 15.5. The van der Waals surface area contributed by atoms with Gasteiger partial charge >= 0.3 is 12.2 Å². The molecule has 0 aromatic heterocycles. The molecule has 1 heterocycles. The third kappa shape index (κ3) is 13.0. The fourth-order valence-electron chi connectivity index (χ4n) is 3.56. The zero-order valence-corrected chi connectivity index (χ0v) is 29.1. The van der Waals surface area contributed by atoms with E-state index in [9.17, 15) is 22.8 Å². The summed E-state index contributed by atoms with van der Waals surface area (Å²) in [5, 5.41) is 11.0. The van der Waals surface area contributed by atoms with E-state index < -0.39 is 39.5 Å². The minimum atomic E-state index is -3.82. The fraction of sp³-hybridized carbons (Fsp3) is 0.500. The van der Waals surface area contributed by atoms with Crippen LogP contribution in [0.2, 0.25) is 0 Å². The Labute approximate surface area is 272 Å². The summed E-state index contributed by atoms with van der Waals surface area (Å²) in [6.45, 7) is 13.5. The monoisotopic (exact) mass is 748 g/mol. The van der Waals surface area contributed by atoms with Crippen LogP contribution in [-0.4, -0.2) is 74.3 Å². The van der Waals surface area contributed by atoms with E-state index in [0.717, 1.165) is 9.27 Å². The number of alkyl carbamates (subject to hydrolysis) is 2. The van der Waals surface area contributed by atoms with Crippen LogP contribution in [0.15, 0.2) is 57.9 Å². The number of benzene rings is 1. The first-order valence-electron chi connectivity index (χ1n) is 13.7. The van der Waals surface area contributed by atoms with Crippen LogP contribution in [0.3, 0.4) is 0 Å². The summed E-state index contributed by atoms with van der Waals surface area (Å²) in [4.78, 5) is 44.1. The van der Waals surface area contributed by atoms with Crippen LogP contribution in [0.1, 0.15) is 55.4 Å². The van der Waals surface area contributed by atoms with Gasteiger partial charge in [0.05, 0.1) is 24.0 Å². The molecule has 16 heteroatoms. The van der Waals surface area contributed by atoms with Crippen molar-refractivity contribution in [1.29, 1.82) is 0 Å². The summed E-state index contributed by atoms with van der Waals surface area (Å²) in [7, 11) is -3.82. The number of amides is 3. The molecule has 0 saturated heterocycles. The molecule has 0 spiro atoms. The Hall–Kier alpha value is -3.54. The second-order valence-electron chi connectivity index (χ2n) is 11.7. The number of nitrogens with one attached hydrogen (secondary N) is 4. The van der Waals surface area contributed by atoms with E-state index in [-0.39, 0.29) is 36.5 Å². The van der Waals surface area contributed by atoms with E-state index in [4.69, 9.17) is 14.3 Å². The lowest BCUT2D eigenvalue weighted by atomic mass is 10.1. The first kappa shape index (κ1) is 36.7. The highest BCUT2D eigenvalue weighted by Gasteiger charge is 2.27.